The van der Waals surface area contributed by atoms with Crippen molar-refractivity contribution < 1.29 is 8.76 Å². The Morgan fingerprint density at radius 3 is 2.70 bits per heavy atom. The Hall–Kier alpha value is -0.330. The van der Waals surface area contributed by atoms with Crippen molar-refractivity contribution in [2.24, 2.45) is 0 Å². The summed E-state index contributed by atoms with van der Waals surface area (Å²) in [5.41, 5.74) is 0. The number of rotatable bonds is 4. The number of unbranched alkanes of at least 4 members (excludes halogenated alkanes) is 1. The first-order valence-electron chi connectivity index (χ1n) is 3.26. The van der Waals surface area contributed by atoms with Crippen LogP contribution in [0.15, 0.2) is 0 Å². The van der Waals surface area contributed by atoms with Gasteiger partial charge in [0.1, 0.15) is 0 Å². The zero-order valence-corrected chi connectivity index (χ0v) is 6.82. The van der Waals surface area contributed by atoms with Crippen molar-refractivity contribution in [2.75, 3.05) is 0 Å². The van der Waals surface area contributed by atoms with Crippen LogP contribution in [0, 0.1) is 12.3 Å². The van der Waals surface area contributed by atoms with Crippen LogP contribution in [0.4, 0.5) is 0 Å². The lowest BCUT2D eigenvalue weighted by Gasteiger charge is -2.12. The Morgan fingerprint density at radius 1 is 1.80 bits per heavy atom. The van der Waals surface area contributed by atoms with Crippen molar-refractivity contribution in [3.63, 3.8) is 0 Å². The van der Waals surface area contributed by atoms with Gasteiger partial charge in [-0.3, -0.25) is 4.21 Å². The minimum Gasteiger partial charge on any atom is -0.771 e. The third-order valence-electron chi connectivity index (χ3n) is 1.24. The molecule has 0 rings (SSSR count). The molecule has 0 fully saturated rings. The Balaban J connectivity index is 3.64. The summed E-state index contributed by atoms with van der Waals surface area (Å²) in [6, 6.07) is 0. The molecule has 0 aromatic carbocycles. The molecule has 0 spiro atoms. The van der Waals surface area contributed by atoms with E-state index in [1.54, 1.807) is 0 Å². The summed E-state index contributed by atoms with van der Waals surface area (Å²) in [6.07, 6.45) is 7.42. The van der Waals surface area contributed by atoms with E-state index in [2.05, 4.69) is 5.92 Å². The number of hydrogen-bond acceptors (Lipinski definition) is 2. The van der Waals surface area contributed by atoms with Crippen LogP contribution < -0.4 is 0 Å². The molecule has 0 aromatic heterocycles. The van der Waals surface area contributed by atoms with Crippen molar-refractivity contribution in [1.29, 1.82) is 0 Å². The highest BCUT2D eigenvalue weighted by atomic mass is 32.2. The fourth-order valence-electron chi connectivity index (χ4n) is 0.625. The first-order chi connectivity index (χ1) is 4.72. The molecule has 0 aliphatic rings. The van der Waals surface area contributed by atoms with Crippen LogP contribution in [0.2, 0.25) is 0 Å². The van der Waals surface area contributed by atoms with Gasteiger partial charge in [0.25, 0.3) is 0 Å². The summed E-state index contributed by atoms with van der Waals surface area (Å²) in [4.78, 5) is 0. The third kappa shape index (κ3) is 3.65. The second kappa shape index (κ2) is 5.45. The molecular weight excluding hydrogens is 148 g/mol. The van der Waals surface area contributed by atoms with Crippen molar-refractivity contribution in [3.8, 4) is 12.3 Å². The maximum atomic E-state index is 10.3. The monoisotopic (exact) mass is 159 g/mol. The maximum Gasteiger partial charge on any atom is 0.0821 e. The van der Waals surface area contributed by atoms with Crippen LogP contribution >= 0.6 is 0 Å². The first-order valence-corrected chi connectivity index (χ1v) is 4.40. The highest BCUT2D eigenvalue weighted by Crippen LogP contribution is 2.04. The van der Waals surface area contributed by atoms with Gasteiger partial charge < -0.3 is 4.55 Å². The summed E-state index contributed by atoms with van der Waals surface area (Å²) < 4.78 is 20.6. The van der Waals surface area contributed by atoms with E-state index in [0.29, 0.717) is 6.42 Å². The van der Waals surface area contributed by atoms with Crippen LogP contribution in [0.25, 0.3) is 0 Å². The molecule has 0 aliphatic heterocycles. The molecule has 0 saturated carbocycles. The van der Waals surface area contributed by atoms with Gasteiger partial charge in [-0.25, -0.2) is 0 Å². The zero-order valence-electron chi connectivity index (χ0n) is 6.00. The molecule has 3 heteroatoms. The molecule has 0 aromatic rings. The van der Waals surface area contributed by atoms with Crippen molar-refractivity contribution >= 4 is 11.1 Å². The topological polar surface area (TPSA) is 40.1 Å². The number of terminal acetylenes is 1. The summed E-state index contributed by atoms with van der Waals surface area (Å²) in [7, 11) is 0. The van der Waals surface area contributed by atoms with Crippen LogP contribution in [-0.4, -0.2) is 14.0 Å². The van der Waals surface area contributed by atoms with Gasteiger partial charge >= 0.3 is 0 Å². The Labute approximate surface area is 64.3 Å². The van der Waals surface area contributed by atoms with E-state index in [0.717, 1.165) is 12.8 Å². The maximum absolute atomic E-state index is 10.3. The highest BCUT2D eigenvalue weighted by Gasteiger charge is 2.02. The van der Waals surface area contributed by atoms with Crippen LogP contribution in [0.1, 0.15) is 26.2 Å². The summed E-state index contributed by atoms with van der Waals surface area (Å²) in [5.74, 6) is 2.22. The molecule has 2 atom stereocenters. The molecule has 0 bridgehead atoms. The van der Waals surface area contributed by atoms with Gasteiger partial charge in [-0.15, -0.1) is 6.42 Å². The minimum atomic E-state index is -2.09. The van der Waals surface area contributed by atoms with E-state index in [9.17, 15) is 8.76 Å². The highest BCUT2D eigenvalue weighted by molar-refractivity contribution is 7.80. The average Bonchev–Trinajstić information content (AvgIpc) is 1.89. The van der Waals surface area contributed by atoms with Gasteiger partial charge in [-0.05, 0) is 17.5 Å². The fraction of sp³-hybridized carbons (Fsp3) is 0.714. The Morgan fingerprint density at radius 2 is 2.40 bits per heavy atom. The molecule has 0 saturated heterocycles. The van der Waals surface area contributed by atoms with E-state index in [1.807, 2.05) is 6.92 Å². The molecule has 0 aliphatic carbocycles. The lowest BCUT2D eigenvalue weighted by Crippen LogP contribution is -2.11. The fourth-order valence-corrected chi connectivity index (χ4v) is 1.09. The lowest BCUT2D eigenvalue weighted by molar-refractivity contribution is 0.525. The molecule has 58 valence electrons. The smallest absolute Gasteiger partial charge is 0.0821 e. The van der Waals surface area contributed by atoms with E-state index in [1.165, 1.54) is 0 Å². The molecule has 0 radical (unpaired) electrons. The van der Waals surface area contributed by atoms with Gasteiger partial charge in [0.15, 0.2) is 0 Å². The summed E-state index contributed by atoms with van der Waals surface area (Å²) >= 11 is -2.09. The van der Waals surface area contributed by atoms with Gasteiger partial charge in [0, 0.05) is 0 Å². The Kier molecular flexibility index (Phi) is 5.27. The first kappa shape index (κ1) is 9.67. The van der Waals surface area contributed by atoms with Crippen molar-refractivity contribution in [1.82, 2.24) is 0 Å². The summed E-state index contributed by atoms with van der Waals surface area (Å²) in [5, 5.41) is -0.583. The van der Waals surface area contributed by atoms with E-state index in [4.69, 9.17) is 6.42 Å². The largest absolute Gasteiger partial charge is 0.771 e. The molecule has 0 N–H and O–H groups in total. The molecular formula is C7H11O2S-. The van der Waals surface area contributed by atoms with Crippen molar-refractivity contribution in [3.05, 3.63) is 0 Å². The predicted molar refractivity (Wildman–Crippen MR) is 41.1 cm³/mol. The molecule has 2 unspecified atom stereocenters. The predicted octanol–water partition coefficient (Wildman–Crippen LogP) is 1.06. The van der Waals surface area contributed by atoms with Gasteiger partial charge in [0.2, 0.25) is 0 Å². The molecule has 10 heavy (non-hydrogen) atoms. The molecule has 0 amide bonds. The lowest BCUT2D eigenvalue weighted by atomic mass is 10.2. The second-order valence-electron chi connectivity index (χ2n) is 2.06. The van der Waals surface area contributed by atoms with Crippen LogP contribution in [0.3, 0.4) is 0 Å². The second-order valence-corrected chi connectivity index (χ2v) is 3.15. The minimum absolute atomic E-state index is 0.583. The molecule has 2 nitrogen and oxygen atoms in total. The quantitative estimate of drug-likeness (QED) is 0.454. The normalized spacial score (nSPS) is 15.7. The zero-order chi connectivity index (χ0) is 7.98. The van der Waals surface area contributed by atoms with Crippen LogP contribution in [-0.2, 0) is 11.1 Å². The van der Waals surface area contributed by atoms with Crippen LogP contribution in [0.5, 0.6) is 0 Å². The third-order valence-corrected chi connectivity index (χ3v) is 2.07. The van der Waals surface area contributed by atoms with Crippen molar-refractivity contribution in [2.45, 2.75) is 31.4 Å². The number of hydrogen-bond donors (Lipinski definition) is 0. The van der Waals surface area contributed by atoms with Gasteiger partial charge in [0.05, 0.1) is 5.25 Å². The van der Waals surface area contributed by atoms with Gasteiger partial charge in [-0.2, -0.15) is 0 Å². The molecule has 0 heterocycles. The SMILES string of the molecule is C#CC(CCCC)S(=O)[O-]. The van der Waals surface area contributed by atoms with E-state index >= 15 is 0 Å². The van der Waals surface area contributed by atoms with Gasteiger partial charge in [-0.1, -0.05) is 25.7 Å². The van der Waals surface area contributed by atoms with E-state index < -0.39 is 16.3 Å². The van der Waals surface area contributed by atoms with E-state index in [-0.39, 0.29) is 0 Å². The average molecular weight is 159 g/mol. The Bertz CT molecular complexity index is 148. The standard InChI is InChI=1S/C7H12O2S/c1-3-5-6-7(4-2)10(8)9/h2,7H,3,5-6H2,1H3,(H,8,9)/p-1. The summed E-state index contributed by atoms with van der Waals surface area (Å²) in [6.45, 7) is 2.00.